The Hall–Kier alpha value is -1.99. The van der Waals surface area contributed by atoms with Gasteiger partial charge in [-0.15, -0.1) is 0 Å². The van der Waals surface area contributed by atoms with E-state index in [-0.39, 0.29) is 11.4 Å². The Morgan fingerprint density at radius 2 is 2.05 bits per heavy atom. The highest BCUT2D eigenvalue weighted by Gasteiger charge is 2.27. The molecule has 1 aromatic carbocycles. The lowest BCUT2D eigenvalue weighted by atomic mass is 10.1. The van der Waals surface area contributed by atoms with Crippen molar-refractivity contribution in [3.63, 3.8) is 0 Å². The Morgan fingerprint density at radius 1 is 1.33 bits per heavy atom. The summed E-state index contributed by atoms with van der Waals surface area (Å²) in [5, 5.41) is 9.37. The van der Waals surface area contributed by atoms with Crippen molar-refractivity contribution in [2.45, 2.75) is 18.7 Å². The highest BCUT2D eigenvalue weighted by atomic mass is 32.2. The van der Waals surface area contributed by atoms with E-state index in [1.54, 1.807) is 31.3 Å². The lowest BCUT2D eigenvalue weighted by Gasteiger charge is -2.19. The molecule has 2 aromatic rings. The molecule has 0 aliphatic heterocycles. The Bertz CT molecular complexity index is 787. The maximum absolute atomic E-state index is 12.7. The van der Waals surface area contributed by atoms with Crippen LogP contribution in [0.3, 0.4) is 0 Å². The Balaban J connectivity index is 2.65. The van der Waals surface area contributed by atoms with Crippen LogP contribution in [0.5, 0.6) is 0 Å². The number of carboxylic acids is 1. The molecule has 6 nitrogen and oxygen atoms in total. The number of benzene rings is 1. The molecule has 0 bridgehead atoms. The smallest absolute Gasteiger partial charge is 0.318 e. The number of likely N-dealkylation sites (N-methyl/N-ethyl adjacent to an activating group) is 1. The molecule has 0 aliphatic carbocycles. The molecule has 0 fully saturated rings. The number of rotatable bonds is 5. The van der Waals surface area contributed by atoms with Crippen molar-refractivity contribution in [1.29, 1.82) is 0 Å². The molecule has 0 unspecified atom stereocenters. The van der Waals surface area contributed by atoms with Crippen LogP contribution in [0.25, 0.3) is 10.9 Å². The zero-order valence-corrected chi connectivity index (χ0v) is 12.6. The van der Waals surface area contributed by atoms with Gasteiger partial charge in [-0.2, -0.15) is 4.31 Å². The van der Waals surface area contributed by atoms with Gasteiger partial charge in [-0.1, -0.05) is 13.0 Å². The van der Waals surface area contributed by atoms with Crippen molar-refractivity contribution < 1.29 is 18.3 Å². The molecule has 0 radical (unpaired) electrons. The molecule has 112 valence electrons. The molecular weight excluding hydrogens is 292 g/mol. The van der Waals surface area contributed by atoms with Crippen LogP contribution >= 0.6 is 0 Å². The van der Waals surface area contributed by atoms with Gasteiger partial charge in [-0.25, -0.2) is 8.42 Å². The van der Waals surface area contributed by atoms with Crippen LogP contribution in [0.1, 0.15) is 12.5 Å². The van der Waals surface area contributed by atoms with E-state index < -0.39 is 22.5 Å². The van der Waals surface area contributed by atoms with Crippen molar-refractivity contribution in [3.05, 3.63) is 36.0 Å². The average molecular weight is 308 g/mol. The van der Waals surface area contributed by atoms with Gasteiger partial charge in [0, 0.05) is 18.1 Å². The molecule has 0 atom stereocenters. The number of hydrogen-bond donors (Lipinski definition) is 1. The van der Waals surface area contributed by atoms with E-state index in [4.69, 9.17) is 5.11 Å². The highest BCUT2D eigenvalue weighted by molar-refractivity contribution is 7.89. The van der Waals surface area contributed by atoms with E-state index in [1.807, 2.05) is 6.92 Å². The molecule has 0 aliphatic rings. The van der Waals surface area contributed by atoms with Gasteiger partial charge in [-0.05, 0) is 30.7 Å². The minimum Gasteiger partial charge on any atom is -0.480 e. The second-order valence-electron chi connectivity index (χ2n) is 4.61. The van der Waals surface area contributed by atoms with E-state index in [0.717, 1.165) is 9.87 Å². The van der Waals surface area contributed by atoms with Crippen LogP contribution in [-0.4, -0.2) is 41.9 Å². The minimum atomic E-state index is -3.88. The number of fused-ring (bicyclic) bond motifs is 1. The lowest BCUT2D eigenvalue weighted by molar-refractivity contribution is -0.137. The van der Waals surface area contributed by atoms with Gasteiger partial charge >= 0.3 is 5.97 Å². The number of pyridine rings is 1. The van der Waals surface area contributed by atoms with Crippen LogP contribution in [-0.2, 0) is 14.8 Å². The number of hydrogen-bond acceptors (Lipinski definition) is 4. The van der Waals surface area contributed by atoms with Crippen molar-refractivity contribution in [2.75, 3.05) is 13.1 Å². The maximum Gasteiger partial charge on any atom is 0.318 e. The summed E-state index contributed by atoms with van der Waals surface area (Å²) < 4.78 is 26.3. The van der Waals surface area contributed by atoms with E-state index in [0.29, 0.717) is 10.9 Å². The molecule has 0 spiro atoms. The Labute approximate surface area is 123 Å². The first-order valence-corrected chi connectivity index (χ1v) is 7.88. The summed E-state index contributed by atoms with van der Waals surface area (Å²) in [6.45, 7) is 2.98. The Morgan fingerprint density at radius 3 is 2.67 bits per heavy atom. The summed E-state index contributed by atoms with van der Waals surface area (Å²) in [6, 6.07) is 6.51. The Kier molecular flexibility index (Phi) is 4.24. The van der Waals surface area contributed by atoms with E-state index in [2.05, 4.69) is 4.98 Å². The average Bonchev–Trinajstić information content (AvgIpc) is 2.44. The van der Waals surface area contributed by atoms with Gasteiger partial charge in [0.05, 0.1) is 10.4 Å². The summed E-state index contributed by atoms with van der Waals surface area (Å²) in [4.78, 5) is 15.1. The number of aliphatic carboxylic acids is 1. The predicted molar refractivity (Wildman–Crippen MR) is 78.5 cm³/mol. The summed E-state index contributed by atoms with van der Waals surface area (Å²) in [5.74, 6) is -1.19. The number of aryl methyl sites for hydroxylation is 1. The van der Waals surface area contributed by atoms with Gasteiger partial charge in [0.2, 0.25) is 10.0 Å². The summed E-state index contributed by atoms with van der Waals surface area (Å²) in [6.07, 6.45) is 1.60. The van der Waals surface area contributed by atoms with E-state index in [1.165, 1.54) is 6.07 Å². The van der Waals surface area contributed by atoms with Gasteiger partial charge < -0.3 is 5.11 Å². The second kappa shape index (κ2) is 5.79. The predicted octanol–water partition coefficient (Wildman–Crippen LogP) is 1.64. The maximum atomic E-state index is 12.7. The largest absolute Gasteiger partial charge is 0.480 e. The fraction of sp³-hybridized carbons (Fsp3) is 0.286. The topological polar surface area (TPSA) is 87.6 Å². The van der Waals surface area contributed by atoms with Crippen LogP contribution in [0.4, 0.5) is 0 Å². The van der Waals surface area contributed by atoms with Crippen molar-refractivity contribution >= 4 is 26.9 Å². The highest BCUT2D eigenvalue weighted by Crippen LogP contribution is 2.26. The molecule has 2 rings (SSSR count). The fourth-order valence-corrected chi connectivity index (χ4v) is 3.75. The number of sulfonamides is 1. The molecule has 0 saturated heterocycles. The van der Waals surface area contributed by atoms with Gasteiger partial charge in [-0.3, -0.25) is 9.78 Å². The minimum absolute atomic E-state index is 0.0827. The molecule has 7 heteroatoms. The zero-order valence-electron chi connectivity index (χ0n) is 11.8. The van der Waals surface area contributed by atoms with Crippen molar-refractivity contribution in [3.8, 4) is 0 Å². The molecule has 1 heterocycles. The summed E-state index contributed by atoms with van der Waals surface area (Å²) in [5.41, 5.74) is 1.47. The molecular formula is C14H16N2O4S. The van der Waals surface area contributed by atoms with Gasteiger partial charge in [0.25, 0.3) is 0 Å². The van der Waals surface area contributed by atoms with Crippen molar-refractivity contribution in [2.24, 2.45) is 0 Å². The van der Waals surface area contributed by atoms with Crippen LogP contribution < -0.4 is 0 Å². The second-order valence-corrected chi connectivity index (χ2v) is 6.51. The normalized spacial score (nSPS) is 12.0. The van der Waals surface area contributed by atoms with Crippen LogP contribution in [0.2, 0.25) is 0 Å². The number of aromatic nitrogens is 1. The number of carboxylic acid groups (broad SMARTS) is 1. The first-order valence-electron chi connectivity index (χ1n) is 6.44. The van der Waals surface area contributed by atoms with E-state index in [9.17, 15) is 13.2 Å². The van der Waals surface area contributed by atoms with Gasteiger partial charge in [0.15, 0.2) is 0 Å². The standard InChI is InChI=1S/C14H16N2O4S/c1-3-16(9-13(17)18)21(19,20)12-7-6-10(2)14-11(12)5-4-8-15-14/h4-8H,3,9H2,1-2H3,(H,17,18). The van der Waals surface area contributed by atoms with Crippen molar-refractivity contribution in [1.82, 2.24) is 9.29 Å². The molecule has 1 N–H and O–H groups in total. The lowest BCUT2D eigenvalue weighted by Crippen LogP contribution is -2.35. The number of nitrogens with zero attached hydrogens (tertiary/aromatic N) is 2. The monoisotopic (exact) mass is 308 g/mol. The summed E-state index contributed by atoms with van der Waals surface area (Å²) >= 11 is 0. The zero-order chi connectivity index (χ0) is 15.6. The summed E-state index contributed by atoms with van der Waals surface area (Å²) in [7, 11) is -3.88. The van der Waals surface area contributed by atoms with Gasteiger partial charge in [0.1, 0.15) is 6.54 Å². The quantitative estimate of drug-likeness (QED) is 0.907. The molecule has 0 amide bonds. The fourth-order valence-electron chi connectivity index (χ4n) is 2.17. The molecule has 0 saturated carbocycles. The van der Waals surface area contributed by atoms with E-state index >= 15 is 0 Å². The third kappa shape index (κ3) is 2.88. The SMILES string of the molecule is CCN(CC(=O)O)S(=O)(=O)c1ccc(C)c2ncccc12. The van der Waals surface area contributed by atoms with Crippen LogP contribution in [0.15, 0.2) is 35.4 Å². The third-order valence-corrected chi connectivity index (χ3v) is 5.19. The molecule has 21 heavy (non-hydrogen) atoms. The number of carbonyl (C=O) groups is 1. The third-order valence-electron chi connectivity index (χ3n) is 3.21. The van der Waals surface area contributed by atoms with Crippen LogP contribution in [0, 0.1) is 6.92 Å². The first kappa shape index (κ1) is 15.4. The first-order chi connectivity index (χ1) is 9.87. The molecule has 1 aromatic heterocycles.